The number of aliphatic hydroxyl groups excluding tert-OH is 1. The van der Waals surface area contributed by atoms with E-state index in [0.717, 1.165) is 48.0 Å². The Labute approximate surface area is 168 Å². The van der Waals surface area contributed by atoms with Gasteiger partial charge in [-0.3, -0.25) is 9.80 Å². The summed E-state index contributed by atoms with van der Waals surface area (Å²) in [6.07, 6.45) is -0.495. The van der Waals surface area contributed by atoms with Crippen molar-refractivity contribution in [3.8, 4) is 5.75 Å². The van der Waals surface area contributed by atoms with Crippen LogP contribution >= 0.6 is 27.5 Å². The SMILES string of the molecule is OC(COc1ccccc1Br)CN1CCN(Cc2ccc(Cl)cc2)CC1. The fourth-order valence-electron chi connectivity index (χ4n) is 3.08. The van der Waals surface area contributed by atoms with Crippen molar-refractivity contribution in [1.82, 2.24) is 9.80 Å². The summed E-state index contributed by atoms with van der Waals surface area (Å²) in [4.78, 5) is 4.73. The summed E-state index contributed by atoms with van der Waals surface area (Å²) < 4.78 is 6.61. The second kappa shape index (κ2) is 9.72. The molecule has 0 saturated carbocycles. The van der Waals surface area contributed by atoms with E-state index < -0.39 is 6.10 Å². The summed E-state index contributed by atoms with van der Waals surface area (Å²) in [7, 11) is 0. The molecule has 2 aromatic carbocycles. The van der Waals surface area contributed by atoms with E-state index in [-0.39, 0.29) is 0 Å². The van der Waals surface area contributed by atoms with Gasteiger partial charge in [0.1, 0.15) is 18.5 Å². The van der Waals surface area contributed by atoms with Gasteiger partial charge in [0, 0.05) is 44.3 Å². The number of hydrogen-bond acceptors (Lipinski definition) is 4. The Kier molecular flexibility index (Phi) is 7.34. The van der Waals surface area contributed by atoms with Gasteiger partial charge < -0.3 is 9.84 Å². The largest absolute Gasteiger partial charge is 0.490 e. The highest BCUT2D eigenvalue weighted by Gasteiger charge is 2.19. The Morgan fingerprint density at radius 1 is 1.00 bits per heavy atom. The minimum atomic E-state index is -0.495. The van der Waals surface area contributed by atoms with Crippen LogP contribution in [0, 0.1) is 0 Å². The summed E-state index contributed by atoms with van der Waals surface area (Å²) in [5.74, 6) is 0.763. The second-order valence-electron chi connectivity index (χ2n) is 6.60. The highest BCUT2D eigenvalue weighted by atomic mass is 79.9. The number of β-amino-alcohol motifs (C(OH)–C–C–N with tert-alkyl or cyclic N) is 1. The Balaban J connectivity index is 1.38. The molecular formula is C20H24BrClN2O2. The zero-order valence-corrected chi connectivity index (χ0v) is 17.0. The fourth-order valence-corrected chi connectivity index (χ4v) is 3.60. The van der Waals surface area contributed by atoms with Crippen LogP contribution in [0.3, 0.4) is 0 Å². The topological polar surface area (TPSA) is 35.9 Å². The van der Waals surface area contributed by atoms with Crippen LogP contribution in [0.2, 0.25) is 5.02 Å². The molecule has 1 aliphatic rings. The van der Waals surface area contributed by atoms with Crippen LogP contribution in [0.5, 0.6) is 5.75 Å². The van der Waals surface area contributed by atoms with E-state index in [4.69, 9.17) is 16.3 Å². The molecule has 4 nitrogen and oxygen atoms in total. The van der Waals surface area contributed by atoms with E-state index >= 15 is 0 Å². The lowest BCUT2D eigenvalue weighted by atomic mass is 10.2. The highest BCUT2D eigenvalue weighted by molar-refractivity contribution is 9.10. The molecule has 6 heteroatoms. The summed E-state index contributed by atoms with van der Waals surface area (Å²) in [6, 6.07) is 15.7. The molecule has 0 aliphatic carbocycles. The maximum Gasteiger partial charge on any atom is 0.133 e. The van der Waals surface area contributed by atoms with E-state index in [2.05, 4.69) is 37.9 Å². The van der Waals surface area contributed by atoms with Gasteiger partial charge >= 0.3 is 0 Å². The van der Waals surface area contributed by atoms with Gasteiger partial charge in [0.15, 0.2) is 0 Å². The minimum Gasteiger partial charge on any atom is -0.490 e. The molecule has 1 unspecified atom stereocenters. The zero-order chi connectivity index (χ0) is 18.4. The lowest BCUT2D eigenvalue weighted by Gasteiger charge is -2.35. The molecule has 26 heavy (non-hydrogen) atoms. The average molecular weight is 440 g/mol. The molecule has 140 valence electrons. The predicted octanol–water partition coefficient (Wildman–Crippen LogP) is 3.66. The van der Waals surface area contributed by atoms with Crippen molar-refractivity contribution in [1.29, 1.82) is 0 Å². The normalized spacial score (nSPS) is 17.2. The molecule has 0 bridgehead atoms. The van der Waals surface area contributed by atoms with Gasteiger partial charge in [0.2, 0.25) is 0 Å². The molecule has 2 aromatic rings. The van der Waals surface area contributed by atoms with Crippen molar-refractivity contribution in [3.05, 3.63) is 63.6 Å². The Morgan fingerprint density at radius 3 is 2.35 bits per heavy atom. The van der Waals surface area contributed by atoms with Gasteiger partial charge in [0.25, 0.3) is 0 Å². The van der Waals surface area contributed by atoms with Crippen molar-refractivity contribution >= 4 is 27.5 Å². The molecule has 0 spiro atoms. The summed E-state index contributed by atoms with van der Waals surface area (Å²) in [6.45, 7) is 5.80. The molecule has 0 radical (unpaired) electrons. The summed E-state index contributed by atoms with van der Waals surface area (Å²) in [5.41, 5.74) is 1.28. The molecular weight excluding hydrogens is 416 g/mol. The van der Waals surface area contributed by atoms with Crippen LogP contribution < -0.4 is 4.74 Å². The molecule has 3 rings (SSSR count). The number of ether oxygens (including phenoxy) is 1. The number of nitrogens with zero attached hydrogens (tertiary/aromatic N) is 2. The standard InChI is InChI=1S/C20H24BrClN2O2/c21-19-3-1-2-4-20(19)26-15-18(25)14-24-11-9-23(10-12-24)13-16-5-7-17(22)8-6-16/h1-8,18,25H,9-15H2. The minimum absolute atomic E-state index is 0.299. The average Bonchev–Trinajstić information content (AvgIpc) is 2.64. The predicted molar refractivity (Wildman–Crippen MR) is 109 cm³/mol. The zero-order valence-electron chi connectivity index (χ0n) is 14.7. The maximum absolute atomic E-state index is 10.3. The third kappa shape index (κ3) is 5.96. The first-order valence-corrected chi connectivity index (χ1v) is 10.0. The Bertz CT molecular complexity index is 690. The third-order valence-corrected chi connectivity index (χ3v) is 5.43. The maximum atomic E-state index is 10.3. The van der Waals surface area contributed by atoms with Crippen molar-refractivity contribution in [2.24, 2.45) is 0 Å². The van der Waals surface area contributed by atoms with E-state index in [0.29, 0.717) is 13.2 Å². The Hall–Kier alpha value is -1.11. The van der Waals surface area contributed by atoms with E-state index in [1.54, 1.807) is 0 Å². The van der Waals surface area contributed by atoms with Gasteiger partial charge in [0.05, 0.1) is 4.47 Å². The first-order valence-electron chi connectivity index (χ1n) is 8.85. The lowest BCUT2D eigenvalue weighted by molar-refractivity contribution is 0.0444. The monoisotopic (exact) mass is 438 g/mol. The molecule has 1 aliphatic heterocycles. The molecule has 1 heterocycles. The second-order valence-corrected chi connectivity index (χ2v) is 7.89. The number of para-hydroxylation sites is 1. The lowest BCUT2D eigenvalue weighted by Crippen LogP contribution is -2.48. The first kappa shape index (κ1) is 19.6. The molecule has 1 atom stereocenters. The van der Waals surface area contributed by atoms with Crippen molar-refractivity contribution in [2.45, 2.75) is 12.6 Å². The number of piperazine rings is 1. The quantitative estimate of drug-likeness (QED) is 0.714. The van der Waals surface area contributed by atoms with Crippen molar-refractivity contribution < 1.29 is 9.84 Å². The molecule has 0 amide bonds. The van der Waals surface area contributed by atoms with Gasteiger partial charge in [-0.2, -0.15) is 0 Å². The number of aliphatic hydroxyl groups is 1. The van der Waals surface area contributed by atoms with Gasteiger partial charge in [-0.15, -0.1) is 0 Å². The number of hydrogen-bond donors (Lipinski definition) is 1. The summed E-state index contributed by atoms with van der Waals surface area (Å²) in [5, 5.41) is 11.0. The van der Waals surface area contributed by atoms with Crippen LogP contribution in [-0.4, -0.2) is 60.3 Å². The van der Waals surface area contributed by atoms with Gasteiger partial charge in [-0.25, -0.2) is 0 Å². The molecule has 0 aromatic heterocycles. The van der Waals surface area contributed by atoms with Crippen LogP contribution in [0.1, 0.15) is 5.56 Å². The van der Waals surface area contributed by atoms with Crippen molar-refractivity contribution in [2.75, 3.05) is 39.3 Å². The van der Waals surface area contributed by atoms with E-state index in [9.17, 15) is 5.11 Å². The van der Waals surface area contributed by atoms with Crippen LogP contribution in [0.15, 0.2) is 53.0 Å². The third-order valence-electron chi connectivity index (χ3n) is 4.52. The number of benzene rings is 2. The highest BCUT2D eigenvalue weighted by Crippen LogP contribution is 2.23. The molecule has 1 N–H and O–H groups in total. The smallest absolute Gasteiger partial charge is 0.133 e. The van der Waals surface area contributed by atoms with Crippen LogP contribution in [0.25, 0.3) is 0 Å². The first-order chi connectivity index (χ1) is 12.6. The van der Waals surface area contributed by atoms with Crippen LogP contribution in [-0.2, 0) is 6.54 Å². The van der Waals surface area contributed by atoms with Gasteiger partial charge in [-0.1, -0.05) is 35.9 Å². The van der Waals surface area contributed by atoms with E-state index in [1.807, 2.05) is 36.4 Å². The van der Waals surface area contributed by atoms with E-state index in [1.165, 1.54) is 5.56 Å². The molecule has 1 fully saturated rings. The number of halogens is 2. The fraction of sp³-hybridized carbons (Fsp3) is 0.400. The molecule has 1 saturated heterocycles. The Morgan fingerprint density at radius 2 is 1.65 bits per heavy atom. The van der Waals surface area contributed by atoms with Crippen LogP contribution in [0.4, 0.5) is 0 Å². The number of rotatable bonds is 7. The summed E-state index contributed by atoms with van der Waals surface area (Å²) >= 11 is 9.39. The van der Waals surface area contributed by atoms with Crippen molar-refractivity contribution in [3.63, 3.8) is 0 Å². The van der Waals surface area contributed by atoms with Gasteiger partial charge in [-0.05, 0) is 45.8 Å².